The van der Waals surface area contributed by atoms with E-state index in [1.165, 1.54) is 0 Å². The molecule has 0 saturated carbocycles. The number of ether oxygens (including phenoxy) is 1. The quantitative estimate of drug-likeness (QED) is 0.791. The Hall–Kier alpha value is -0.930. The molecule has 1 aliphatic rings. The highest BCUT2D eigenvalue weighted by molar-refractivity contribution is 5.25. The first-order valence-corrected chi connectivity index (χ1v) is 5.60. The summed E-state index contributed by atoms with van der Waals surface area (Å²) in [6.45, 7) is 7.86. The first-order valence-electron chi connectivity index (χ1n) is 5.60. The van der Waals surface area contributed by atoms with Gasteiger partial charge in [-0.05, 0) is 33.8 Å². The van der Waals surface area contributed by atoms with Crippen molar-refractivity contribution in [2.24, 2.45) is 0 Å². The van der Waals surface area contributed by atoms with E-state index >= 15 is 0 Å². The van der Waals surface area contributed by atoms with Crippen molar-refractivity contribution in [3.8, 4) is 0 Å². The highest BCUT2D eigenvalue weighted by Gasteiger charge is 2.57. The zero-order valence-electron chi connectivity index (χ0n) is 10.3. The molecular formula is C13H19NO2. The minimum absolute atomic E-state index is 0.311. The topological polar surface area (TPSA) is 42.4 Å². The zero-order valence-corrected chi connectivity index (χ0v) is 10.3. The summed E-state index contributed by atoms with van der Waals surface area (Å²) in [4.78, 5) is 4.07. The van der Waals surface area contributed by atoms with Gasteiger partial charge in [0.2, 0.25) is 0 Å². The van der Waals surface area contributed by atoms with Crippen LogP contribution in [-0.2, 0) is 10.3 Å². The molecule has 16 heavy (non-hydrogen) atoms. The van der Waals surface area contributed by atoms with Crippen LogP contribution in [0.25, 0.3) is 0 Å². The Morgan fingerprint density at radius 3 is 2.44 bits per heavy atom. The van der Waals surface area contributed by atoms with Gasteiger partial charge in [-0.15, -0.1) is 0 Å². The van der Waals surface area contributed by atoms with E-state index in [4.69, 9.17) is 4.74 Å². The van der Waals surface area contributed by atoms with E-state index < -0.39 is 11.2 Å². The second kappa shape index (κ2) is 3.28. The number of aliphatic hydroxyl groups is 1. The van der Waals surface area contributed by atoms with Gasteiger partial charge in [-0.2, -0.15) is 0 Å². The molecule has 88 valence electrons. The van der Waals surface area contributed by atoms with Crippen molar-refractivity contribution in [3.05, 3.63) is 30.1 Å². The lowest BCUT2D eigenvalue weighted by Crippen LogP contribution is -2.43. The smallest absolute Gasteiger partial charge is 0.122 e. The van der Waals surface area contributed by atoms with E-state index in [1.54, 1.807) is 12.4 Å². The predicted molar refractivity (Wildman–Crippen MR) is 62.0 cm³/mol. The van der Waals surface area contributed by atoms with Gasteiger partial charge in [0.05, 0.1) is 11.2 Å². The van der Waals surface area contributed by atoms with Crippen molar-refractivity contribution in [3.63, 3.8) is 0 Å². The van der Waals surface area contributed by atoms with Crippen LogP contribution in [0, 0.1) is 0 Å². The highest BCUT2D eigenvalue weighted by atomic mass is 16.5. The first-order chi connectivity index (χ1) is 7.27. The number of aromatic nitrogens is 1. The summed E-state index contributed by atoms with van der Waals surface area (Å²) < 4.78 is 5.93. The molecule has 1 fully saturated rings. The molecule has 0 aliphatic carbocycles. The van der Waals surface area contributed by atoms with Gasteiger partial charge < -0.3 is 9.84 Å². The van der Waals surface area contributed by atoms with Gasteiger partial charge in [0.25, 0.3) is 0 Å². The van der Waals surface area contributed by atoms with Gasteiger partial charge in [0.1, 0.15) is 5.60 Å². The molecule has 0 radical (unpaired) electrons. The molecule has 3 heteroatoms. The lowest BCUT2D eigenvalue weighted by molar-refractivity contribution is -0.129. The van der Waals surface area contributed by atoms with Crippen LogP contribution in [0.4, 0.5) is 0 Å². The van der Waals surface area contributed by atoms with Crippen LogP contribution >= 0.6 is 0 Å². The second-order valence-corrected chi connectivity index (χ2v) is 5.65. The van der Waals surface area contributed by atoms with E-state index in [1.807, 2.05) is 39.8 Å². The summed E-state index contributed by atoms with van der Waals surface area (Å²) in [6.07, 6.45) is 4.01. The standard InChI is InChI=1S/C13H19NO2/c1-11(2)9-13(15,12(3,4)16-11)10-6-5-7-14-8-10/h5-8,15H,9H2,1-4H3. The summed E-state index contributed by atoms with van der Waals surface area (Å²) in [5.41, 5.74) is -1.05. The molecule has 0 spiro atoms. The van der Waals surface area contributed by atoms with E-state index in [2.05, 4.69) is 4.98 Å². The lowest BCUT2D eigenvalue weighted by Gasteiger charge is -2.35. The van der Waals surface area contributed by atoms with Crippen molar-refractivity contribution in [2.75, 3.05) is 0 Å². The Kier molecular flexibility index (Phi) is 2.37. The number of hydrogen-bond acceptors (Lipinski definition) is 3. The van der Waals surface area contributed by atoms with Crippen LogP contribution < -0.4 is 0 Å². The van der Waals surface area contributed by atoms with Crippen molar-refractivity contribution in [2.45, 2.75) is 50.9 Å². The van der Waals surface area contributed by atoms with Gasteiger partial charge in [0.15, 0.2) is 0 Å². The van der Waals surface area contributed by atoms with Crippen LogP contribution in [0.1, 0.15) is 39.7 Å². The molecule has 0 amide bonds. The number of rotatable bonds is 1. The Bertz CT molecular complexity index is 386. The first kappa shape index (κ1) is 11.6. The van der Waals surface area contributed by atoms with Gasteiger partial charge in [0, 0.05) is 24.4 Å². The van der Waals surface area contributed by atoms with E-state index in [0.29, 0.717) is 6.42 Å². The molecule has 2 rings (SSSR count). The molecule has 0 bridgehead atoms. The molecule has 3 nitrogen and oxygen atoms in total. The maximum atomic E-state index is 10.9. The third kappa shape index (κ3) is 1.64. The third-order valence-corrected chi connectivity index (χ3v) is 3.35. The fourth-order valence-corrected chi connectivity index (χ4v) is 2.70. The van der Waals surface area contributed by atoms with Crippen molar-refractivity contribution in [1.29, 1.82) is 0 Å². The molecule has 1 atom stereocenters. The fraction of sp³-hybridized carbons (Fsp3) is 0.615. The molecule has 1 aromatic rings. The van der Waals surface area contributed by atoms with Crippen LogP contribution in [0.5, 0.6) is 0 Å². The monoisotopic (exact) mass is 221 g/mol. The molecule has 1 aromatic heterocycles. The molecular weight excluding hydrogens is 202 g/mol. The van der Waals surface area contributed by atoms with Crippen LogP contribution in [0.3, 0.4) is 0 Å². The van der Waals surface area contributed by atoms with Gasteiger partial charge >= 0.3 is 0 Å². The minimum atomic E-state index is -0.967. The Balaban J connectivity index is 2.46. The van der Waals surface area contributed by atoms with Crippen LogP contribution in [0.15, 0.2) is 24.5 Å². The zero-order chi connectivity index (χ0) is 12.0. The third-order valence-electron chi connectivity index (χ3n) is 3.35. The summed E-state index contributed by atoms with van der Waals surface area (Å²) in [6, 6.07) is 3.74. The average molecular weight is 221 g/mol. The van der Waals surface area contributed by atoms with Crippen molar-refractivity contribution >= 4 is 0 Å². The summed E-state index contributed by atoms with van der Waals surface area (Å²) in [5.74, 6) is 0. The predicted octanol–water partition coefficient (Wildman–Crippen LogP) is 2.25. The minimum Gasteiger partial charge on any atom is -0.382 e. The summed E-state index contributed by atoms with van der Waals surface area (Å²) >= 11 is 0. The fourth-order valence-electron chi connectivity index (χ4n) is 2.70. The maximum Gasteiger partial charge on any atom is 0.122 e. The summed E-state index contributed by atoms with van der Waals surface area (Å²) in [5, 5.41) is 10.9. The maximum absolute atomic E-state index is 10.9. The molecule has 1 aliphatic heterocycles. The summed E-state index contributed by atoms with van der Waals surface area (Å²) in [7, 11) is 0. The Labute approximate surface area is 96.5 Å². The average Bonchev–Trinajstić information content (AvgIpc) is 2.33. The van der Waals surface area contributed by atoms with E-state index in [0.717, 1.165) is 5.56 Å². The Morgan fingerprint density at radius 2 is 2.00 bits per heavy atom. The van der Waals surface area contributed by atoms with E-state index in [9.17, 15) is 5.11 Å². The molecule has 1 saturated heterocycles. The van der Waals surface area contributed by atoms with E-state index in [-0.39, 0.29) is 5.60 Å². The molecule has 2 heterocycles. The molecule has 1 N–H and O–H groups in total. The van der Waals surface area contributed by atoms with Gasteiger partial charge in [-0.25, -0.2) is 0 Å². The highest BCUT2D eigenvalue weighted by Crippen LogP contribution is 2.50. The Morgan fingerprint density at radius 1 is 1.31 bits per heavy atom. The number of hydrogen-bond donors (Lipinski definition) is 1. The molecule has 1 unspecified atom stereocenters. The SMILES string of the molecule is CC1(C)CC(O)(c2cccnc2)C(C)(C)O1. The van der Waals surface area contributed by atoms with Crippen molar-refractivity contribution < 1.29 is 9.84 Å². The molecule has 0 aromatic carbocycles. The number of nitrogens with zero attached hydrogens (tertiary/aromatic N) is 1. The second-order valence-electron chi connectivity index (χ2n) is 5.65. The normalized spacial score (nSPS) is 31.6. The van der Waals surface area contributed by atoms with Gasteiger partial charge in [-0.1, -0.05) is 6.07 Å². The van der Waals surface area contributed by atoms with Gasteiger partial charge in [-0.3, -0.25) is 4.98 Å². The lowest BCUT2D eigenvalue weighted by atomic mass is 9.78. The van der Waals surface area contributed by atoms with Crippen molar-refractivity contribution in [1.82, 2.24) is 4.98 Å². The van der Waals surface area contributed by atoms with Crippen LogP contribution in [-0.4, -0.2) is 21.3 Å². The largest absolute Gasteiger partial charge is 0.382 e. The number of pyridine rings is 1. The van der Waals surface area contributed by atoms with Crippen LogP contribution in [0.2, 0.25) is 0 Å².